The second-order valence-electron chi connectivity index (χ2n) is 5.48. The first-order valence-corrected chi connectivity index (χ1v) is 6.65. The monoisotopic (exact) mass is 246 g/mol. The van der Waals surface area contributed by atoms with Crippen molar-refractivity contribution in [3.05, 3.63) is 34.9 Å². The van der Waals surface area contributed by atoms with Gasteiger partial charge in [-0.1, -0.05) is 32.0 Å². The van der Waals surface area contributed by atoms with E-state index in [2.05, 4.69) is 18.2 Å². The van der Waals surface area contributed by atoms with Crippen LogP contribution < -0.4 is 5.73 Å². The van der Waals surface area contributed by atoms with Gasteiger partial charge in [0.15, 0.2) is 0 Å². The molecular weight excluding hydrogens is 224 g/mol. The van der Waals surface area contributed by atoms with E-state index in [9.17, 15) is 4.79 Å². The molecule has 0 saturated heterocycles. The largest absolute Gasteiger partial charge is 0.338 e. The third-order valence-corrected chi connectivity index (χ3v) is 3.57. The maximum Gasteiger partial charge on any atom is 0.225 e. The average molecular weight is 246 g/mol. The molecule has 0 radical (unpaired) electrons. The van der Waals surface area contributed by atoms with Gasteiger partial charge in [-0.3, -0.25) is 4.79 Å². The lowest BCUT2D eigenvalue weighted by Gasteiger charge is -2.30. The molecule has 1 aliphatic rings. The van der Waals surface area contributed by atoms with E-state index >= 15 is 0 Å². The van der Waals surface area contributed by atoms with Crippen LogP contribution in [-0.4, -0.2) is 17.4 Å². The highest BCUT2D eigenvalue weighted by molar-refractivity contribution is 5.78. The van der Waals surface area contributed by atoms with Gasteiger partial charge in [-0.25, -0.2) is 0 Å². The maximum absolute atomic E-state index is 12.0. The first kappa shape index (κ1) is 13.1. The zero-order valence-corrected chi connectivity index (χ0v) is 11.4. The Morgan fingerprint density at radius 3 is 2.61 bits per heavy atom. The Kier molecular flexibility index (Phi) is 3.71. The van der Waals surface area contributed by atoms with Gasteiger partial charge in [-0.05, 0) is 30.0 Å². The number of nitrogens with two attached hydrogens (primary N) is 1. The smallest absolute Gasteiger partial charge is 0.225 e. The molecule has 0 aromatic heterocycles. The zero-order valence-electron chi connectivity index (χ0n) is 11.4. The Bertz CT molecular complexity index is 452. The number of fused-ring (bicyclic) bond motifs is 1. The Hall–Kier alpha value is -1.35. The third-order valence-electron chi connectivity index (χ3n) is 3.57. The normalized spacial score (nSPS) is 16.6. The number of nitrogens with zero attached hydrogens (tertiary/aromatic N) is 1. The molecule has 0 fully saturated rings. The standard InChI is InChI=1S/C15H22N2O/c1-10(2)15(18)17-7-6-12-4-5-13(11(3)16)8-14(12)9-17/h4-5,8,10-11H,6-7,9,16H2,1-3H3. The molecule has 18 heavy (non-hydrogen) atoms. The summed E-state index contributed by atoms with van der Waals surface area (Å²) in [5.41, 5.74) is 9.66. The van der Waals surface area contributed by atoms with E-state index in [1.807, 2.05) is 25.7 Å². The van der Waals surface area contributed by atoms with Gasteiger partial charge in [0, 0.05) is 25.0 Å². The zero-order chi connectivity index (χ0) is 13.3. The fraction of sp³-hybridized carbons (Fsp3) is 0.533. The van der Waals surface area contributed by atoms with Crippen LogP contribution in [0.15, 0.2) is 18.2 Å². The van der Waals surface area contributed by atoms with Gasteiger partial charge in [0.05, 0.1) is 0 Å². The highest BCUT2D eigenvalue weighted by atomic mass is 16.2. The minimum absolute atomic E-state index is 0.0477. The molecule has 2 N–H and O–H groups in total. The van der Waals surface area contributed by atoms with Crippen LogP contribution in [0.4, 0.5) is 0 Å². The van der Waals surface area contributed by atoms with Gasteiger partial charge in [0.25, 0.3) is 0 Å². The van der Waals surface area contributed by atoms with Crippen molar-refractivity contribution in [2.24, 2.45) is 11.7 Å². The van der Waals surface area contributed by atoms with Crippen molar-refractivity contribution in [2.75, 3.05) is 6.54 Å². The molecule has 2 rings (SSSR count). The summed E-state index contributed by atoms with van der Waals surface area (Å²) in [6.07, 6.45) is 0.951. The van der Waals surface area contributed by atoms with E-state index in [4.69, 9.17) is 5.73 Å². The molecule has 0 bridgehead atoms. The number of carbonyl (C=O) groups is 1. The van der Waals surface area contributed by atoms with Crippen molar-refractivity contribution < 1.29 is 4.79 Å². The maximum atomic E-state index is 12.0. The van der Waals surface area contributed by atoms with Crippen LogP contribution in [0.5, 0.6) is 0 Å². The van der Waals surface area contributed by atoms with Gasteiger partial charge in [-0.15, -0.1) is 0 Å². The first-order chi connectivity index (χ1) is 8.49. The highest BCUT2D eigenvalue weighted by Crippen LogP contribution is 2.23. The van der Waals surface area contributed by atoms with E-state index < -0.39 is 0 Å². The summed E-state index contributed by atoms with van der Waals surface area (Å²) < 4.78 is 0. The topological polar surface area (TPSA) is 46.3 Å². The second-order valence-corrected chi connectivity index (χ2v) is 5.48. The van der Waals surface area contributed by atoms with Crippen LogP contribution in [0.1, 0.15) is 43.5 Å². The predicted molar refractivity (Wildman–Crippen MR) is 73.0 cm³/mol. The van der Waals surface area contributed by atoms with Crippen LogP contribution >= 0.6 is 0 Å². The molecule has 1 heterocycles. The van der Waals surface area contributed by atoms with E-state index in [-0.39, 0.29) is 17.9 Å². The third kappa shape index (κ3) is 2.56. The van der Waals surface area contributed by atoms with Crippen molar-refractivity contribution in [1.29, 1.82) is 0 Å². The predicted octanol–water partition coefficient (Wildman–Crippen LogP) is 2.25. The quantitative estimate of drug-likeness (QED) is 0.870. The highest BCUT2D eigenvalue weighted by Gasteiger charge is 2.22. The Morgan fingerprint density at radius 1 is 1.28 bits per heavy atom. The van der Waals surface area contributed by atoms with Crippen LogP contribution in [-0.2, 0) is 17.8 Å². The molecular formula is C15H22N2O. The molecule has 1 unspecified atom stereocenters. The fourth-order valence-electron chi connectivity index (χ4n) is 2.41. The van der Waals surface area contributed by atoms with Gasteiger partial charge in [0.1, 0.15) is 0 Å². The first-order valence-electron chi connectivity index (χ1n) is 6.65. The van der Waals surface area contributed by atoms with E-state index in [1.165, 1.54) is 11.1 Å². The lowest BCUT2D eigenvalue weighted by molar-refractivity contribution is -0.135. The van der Waals surface area contributed by atoms with Crippen molar-refractivity contribution in [2.45, 2.75) is 39.8 Å². The Balaban J connectivity index is 2.22. The molecule has 1 atom stereocenters. The molecule has 3 nitrogen and oxygen atoms in total. The van der Waals surface area contributed by atoms with Gasteiger partial charge in [0.2, 0.25) is 5.91 Å². The number of rotatable bonds is 2. The molecule has 0 aliphatic carbocycles. The summed E-state index contributed by atoms with van der Waals surface area (Å²) in [6, 6.07) is 6.46. The minimum atomic E-state index is 0.0477. The van der Waals surface area contributed by atoms with Gasteiger partial charge in [-0.2, -0.15) is 0 Å². The van der Waals surface area contributed by atoms with Crippen molar-refractivity contribution in [3.63, 3.8) is 0 Å². The summed E-state index contributed by atoms with van der Waals surface area (Å²) in [6.45, 7) is 7.46. The van der Waals surface area contributed by atoms with Crippen LogP contribution in [0.25, 0.3) is 0 Å². The van der Waals surface area contributed by atoms with E-state index in [1.54, 1.807) is 0 Å². The van der Waals surface area contributed by atoms with Crippen LogP contribution in [0, 0.1) is 5.92 Å². The number of hydrogen-bond donors (Lipinski definition) is 1. The van der Waals surface area contributed by atoms with Crippen LogP contribution in [0.3, 0.4) is 0 Å². The summed E-state index contributed by atoms with van der Waals surface area (Å²) in [7, 11) is 0. The van der Waals surface area contributed by atoms with Crippen molar-refractivity contribution >= 4 is 5.91 Å². The van der Waals surface area contributed by atoms with E-state index in [0.717, 1.165) is 25.1 Å². The molecule has 0 saturated carbocycles. The van der Waals surface area contributed by atoms with E-state index in [0.29, 0.717) is 0 Å². The van der Waals surface area contributed by atoms with Crippen molar-refractivity contribution in [3.8, 4) is 0 Å². The van der Waals surface area contributed by atoms with Crippen molar-refractivity contribution in [1.82, 2.24) is 4.90 Å². The molecule has 1 aromatic carbocycles. The lowest BCUT2D eigenvalue weighted by atomic mass is 9.95. The average Bonchev–Trinajstić information content (AvgIpc) is 2.36. The number of hydrogen-bond acceptors (Lipinski definition) is 2. The fourth-order valence-corrected chi connectivity index (χ4v) is 2.41. The lowest BCUT2D eigenvalue weighted by Crippen LogP contribution is -2.38. The number of carbonyl (C=O) groups excluding carboxylic acids is 1. The van der Waals surface area contributed by atoms with Gasteiger partial charge < -0.3 is 10.6 Å². The summed E-state index contributed by atoms with van der Waals surface area (Å²) in [4.78, 5) is 14.0. The molecule has 98 valence electrons. The molecule has 1 aromatic rings. The molecule has 3 heteroatoms. The van der Waals surface area contributed by atoms with Gasteiger partial charge >= 0.3 is 0 Å². The minimum Gasteiger partial charge on any atom is -0.338 e. The summed E-state index contributed by atoms with van der Waals surface area (Å²) in [5.74, 6) is 0.315. The number of benzene rings is 1. The summed E-state index contributed by atoms with van der Waals surface area (Å²) in [5, 5.41) is 0. The molecule has 0 spiro atoms. The second kappa shape index (κ2) is 5.11. The Labute approximate surface area is 109 Å². The summed E-state index contributed by atoms with van der Waals surface area (Å²) >= 11 is 0. The number of amides is 1. The van der Waals surface area contributed by atoms with Crippen LogP contribution in [0.2, 0.25) is 0 Å². The molecule has 1 amide bonds. The molecule has 1 aliphatic heterocycles. The SMILES string of the molecule is CC(C)C(=O)N1CCc2ccc(C(C)N)cc2C1. The Morgan fingerprint density at radius 2 is 2.00 bits per heavy atom.